The number of halogens is 2. The van der Waals surface area contributed by atoms with Crippen LogP contribution in [0.3, 0.4) is 0 Å². The summed E-state index contributed by atoms with van der Waals surface area (Å²) in [4.78, 5) is 14.4. The minimum atomic E-state index is -2.95. The smallest absolute Gasteiger partial charge is 0.387 e. The van der Waals surface area contributed by atoms with Gasteiger partial charge in [-0.15, -0.1) is 0 Å². The van der Waals surface area contributed by atoms with E-state index in [2.05, 4.69) is 10.8 Å². The van der Waals surface area contributed by atoms with E-state index in [0.29, 0.717) is 30.8 Å². The number of hydrogen-bond donors (Lipinski definition) is 0. The quantitative estimate of drug-likeness (QED) is 0.513. The van der Waals surface area contributed by atoms with Gasteiger partial charge in [0.2, 0.25) is 5.91 Å². The van der Waals surface area contributed by atoms with E-state index in [1.807, 2.05) is 19.1 Å². The van der Waals surface area contributed by atoms with Crippen LogP contribution in [0.25, 0.3) is 6.08 Å². The first-order chi connectivity index (χ1) is 14.5. The highest BCUT2D eigenvalue weighted by Crippen LogP contribution is 2.30. The number of amides is 1. The van der Waals surface area contributed by atoms with Gasteiger partial charge in [-0.1, -0.05) is 25.1 Å². The molecule has 5 nitrogen and oxygen atoms in total. The maximum Gasteiger partial charge on any atom is 0.387 e. The van der Waals surface area contributed by atoms with Crippen molar-refractivity contribution in [1.29, 1.82) is 5.26 Å². The lowest BCUT2D eigenvalue weighted by Gasteiger charge is -2.20. The van der Waals surface area contributed by atoms with Gasteiger partial charge in [0.05, 0.1) is 18.2 Å². The Hall–Kier alpha value is -3.40. The summed E-state index contributed by atoms with van der Waals surface area (Å²) in [5.41, 5.74) is 2.12. The van der Waals surface area contributed by atoms with Gasteiger partial charge in [-0.05, 0) is 54.8 Å². The Kier molecular flexibility index (Phi) is 8.82. The number of carbonyl (C=O) groups is 1. The predicted molar refractivity (Wildman–Crippen MR) is 110 cm³/mol. The molecule has 0 aliphatic heterocycles. The Morgan fingerprint density at radius 3 is 2.50 bits per heavy atom. The van der Waals surface area contributed by atoms with Crippen molar-refractivity contribution in [2.24, 2.45) is 0 Å². The third kappa shape index (κ3) is 6.89. The standard InChI is InChI=1S/C23H24F2N2O3/c1-3-13-27(16-19-7-5-18(15-26)6-8-19)22(28)12-10-17-9-11-20(30-23(24)25)21(14-17)29-4-2/h5-12,14,23H,3-4,13,16H2,1-2H3/b12-10+. The van der Waals surface area contributed by atoms with Crippen molar-refractivity contribution in [2.75, 3.05) is 13.2 Å². The van der Waals surface area contributed by atoms with Gasteiger partial charge in [-0.3, -0.25) is 4.79 Å². The molecule has 0 aromatic heterocycles. The van der Waals surface area contributed by atoms with Crippen LogP contribution >= 0.6 is 0 Å². The van der Waals surface area contributed by atoms with Crippen LogP contribution in [0.4, 0.5) is 8.78 Å². The molecule has 0 saturated carbocycles. The molecule has 2 aromatic rings. The van der Waals surface area contributed by atoms with Crippen LogP contribution in [0.5, 0.6) is 11.5 Å². The van der Waals surface area contributed by atoms with Crippen LogP contribution in [0.2, 0.25) is 0 Å². The second kappa shape index (κ2) is 11.6. The van der Waals surface area contributed by atoms with Crippen LogP contribution < -0.4 is 9.47 Å². The zero-order valence-corrected chi connectivity index (χ0v) is 17.0. The topological polar surface area (TPSA) is 62.6 Å². The first-order valence-corrected chi connectivity index (χ1v) is 9.64. The fraction of sp³-hybridized carbons (Fsp3) is 0.304. The van der Waals surface area contributed by atoms with Gasteiger partial charge < -0.3 is 14.4 Å². The number of hydrogen-bond acceptors (Lipinski definition) is 4. The van der Waals surface area contributed by atoms with Gasteiger partial charge in [-0.25, -0.2) is 0 Å². The Morgan fingerprint density at radius 2 is 1.90 bits per heavy atom. The van der Waals surface area contributed by atoms with Crippen molar-refractivity contribution in [3.05, 3.63) is 65.2 Å². The molecule has 0 spiro atoms. The number of carbonyl (C=O) groups excluding carboxylic acids is 1. The van der Waals surface area contributed by atoms with Crippen molar-refractivity contribution >= 4 is 12.0 Å². The predicted octanol–water partition coefficient (Wildman–Crippen LogP) is 5.01. The van der Waals surface area contributed by atoms with E-state index in [4.69, 9.17) is 10.00 Å². The fourth-order valence-corrected chi connectivity index (χ4v) is 2.81. The van der Waals surface area contributed by atoms with E-state index in [1.54, 1.807) is 42.2 Å². The summed E-state index contributed by atoms with van der Waals surface area (Å²) in [5, 5.41) is 8.90. The van der Waals surface area contributed by atoms with E-state index < -0.39 is 6.61 Å². The first-order valence-electron chi connectivity index (χ1n) is 9.64. The number of rotatable bonds is 10. The summed E-state index contributed by atoms with van der Waals surface area (Å²) in [5.74, 6) is -0.0359. The van der Waals surface area contributed by atoms with Crippen LogP contribution in [0.15, 0.2) is 48.5 Å². The van der Waals surface area contributed by atoms with E-state index in [9.17, 15) is 13.6 Å². The molecule has 7 heteroatoms. The van der Waals surface area contributed by atoms with Gasteiger partial charge >= 0.3 is 6.61 Å². The Bertz CT molecular complexity index is 906. The first kappa shape index (κ1) is 22.9. The third-order valence-electron chi connectivity index (χ3n) is 4.16. The van der Waals surface area contributed by atoms with Gasteiger partial charge in [-0.2, -0.15) is 14.0 Å². The Labute approximate surface area is 175 Å². The van der Waals surface area contributed by atoms with Gasteiger partial charge in [0.15, 0.2) is 11.5 Å². The van der Waals surface area contributed by atoms with E-state index in [0.717, 1.165) is 12.0 Å². The molecule has 0 N–H and O–H groups in total. The molecule has 0 atom stereocenters. The van der Waals surface area contributed by atoms with Crippen molar-refractivity contribution < 1.29 is 23.0 Å². The average Bonchev–Trinajstić information content (AvgIpc) is 2.73. The zero-order valence-electron chi connectivity index (χ0n) is 17.0. The number of benzene rings is 2. The molecule has 1 amide bonds. The summed E-state index contributed by atoms with van der Waals surface area (Å²) in [6.45, 7) is 2.07. The maximum atomic E-state index is 12.7. The molecule has 158 valence electrons. The Morgan fingerprint density at radius 1 is 1.17 bits per heavy atom. The van der Waals surface area contributed by atoms with Crippen LogP contribution in [-0.2, 0) is 11.3 Å². The molecule has 0 aliphatic rings. The minimum Gasteiger partial charge on any atom is -0.490 e. The van der Waals surface area contributed by atoms with Crippen LogP contribution in [-0.4, -0.2) is 30.6 Å². The van der Waals surface area contributed by atoms with Crippen molar-refractivity contribution in [3.63, 3.8) is 0 Å². The minimum absolute atomic E-state index is 0.0521. The SMILES string of the molecule is CCCN(Cc1ccc(C#N)cc1)C(=O)/C=C/c1ccc(OC(F)F)c(OCC)c1. The number of nitriles is 1. The van der Waals surface area contributed by atoms with Crippen LogP contribution in [0.1, 0.15) is 37.0 Å². The van der Waals surface area contributed by atoms with E-state index in [1.165, 1.54) is 12.1 Å². The van der Waals surface area contributed by atoms with Gasteiger partial charge in [0, 0.05) is 19.2 Å². The summed E-state index contributed by atoms with van der Waals surface area (Å²) in [7, 11) is 0. The van der Waals surface area contributed by atoms with Crippen LogP contribution in [0, 0.1) is 11.3 Å². The monoisotopic (exact) mass is 414 g/mol. The molecule has 0 bridgehead atoms. The second-order valence-electron chi connectivity index (χ2n) is 6.42. The molecular formula is C23H24F2N2O3. The highest BCUT2D eigenvalue weighted by Gasteiger charge is 2.13. The van der Waals surface area contributed by atoms with E-state index >= 15 is 0 Å². The average molecular weight is 414 g/mol. The summed E-state index contributed by atoms with van der Waals surface area (Å²) < 4.78 is 34.9. The number of nitrogens with zero attached hydrogens (tertiary/aromatic N) is 2. The van der Waals surface area contributed by atoms with E-state index in [-0.39, 0.29) is 17.4 Å². The molecule has 0 fully saturated rings. The molecule has 0 aliphatic carbocycles. The number of alkyl halides is 2. The summed E-state index contributed by atoms with van der Waals surface area (Å²) >= 11 is 0. The number of ether oxygens (including phenoxy) is 2. The molecule has 30 heavy (non-hydrogen) atoms. The van der Waals surface area contributed by atoms with Crippen molar-refractivity contribution in [2.45, 2.75) is 33.4 Å². The van der Waals surface area contributed by atoms with Crippen molar-refractivity contribution in [1.82, 2.24) is 4.90 Å². The molecular weight excluding hydrogens is 390 g/mol. The molecule has 2 rings (SSSR count). The molecule has 0 radical (unpaired) electrons. The molecule has 0 heterocycles. The molecule has 0 unspecified atom stereocenters. The lowest BCUT2D eigenvalue weighted by molar-refractivity contribution is -0.126. The zero-order chi connectivity index (χ0) is 21.9. The van der Waals surface area contributed by atoms with Crippen molar-refractivity contribution in [3.8, 4) is 17.6 Å². The fourth-order valence-electron chi connectivity index (χ4n) is 2.81. The van der Waals surface area contributed by atoms with Gasteiger partial charge in [0.1, 0.15) is 0 Å². The highest BCUT2D eigenvalue weighted by atomic mass is 19.3. The lowest BCUT2D eigenvalue weighted by atomic mass is 10.1. The third-order valence-corrected chi connectivity index (χ3v) is 4.16. The summed E-state index contributed by atoms with van der Waals surface area (Å²) in [6, 6.07) is 13.7. The van der Waals surface area contributed by atoms with Gasteiger partial charge in [0.25, 0.3) is 0 Å². The normalized spacial score (nSPS) is 10.8. The summed E-state index contributed by atoms with van der Waals surface area (Å²) in [6.07, 6.45) is 3.85. The second-order valence-corrected chi connectivity index (χ2v) is 6.42. The molecule has 2 aromatic carbocycles. The molecule has 0 saturated heterocycles. The Balaban J connectivity index is 2.13. The maximum absolute atomic E-state index is 12.7. The highest BCUT2D eigenvalue weighted by molar-refractivity contribution is 5.91. The lowest BCUT2D eigenvalue weighted by Crippen LogP contribution is -2.29. The largest absolute Gasteiger partial charge is 0.490 e.